The molecule has 0 radical (unpaired) electrons. The number of nitrogens with zero attached hydrogens (tertiary/aromatic N) is 2. The molecule has 0 saturated heterocycles. The van der Waals surface area contributed by atoms with E-state index in [2.05, 4.69) is 5.32 Å². The number of aromatic nitrogens is 2. The third kappa shape index (κ3) is 5.60. The molecule has 1 amide bonds. The second kappa shape index (κ2) is 7.49. The van der Waals surface area contributed by atoms with Crippen LogP contribution in [-0.4, -0.2) is 24.3 Å². The number of carbonyl (C=O) groups excluding carboxylic acids is 1. The Kier molecular flexibility index (Phi) is 7.10. The topological polar surface area (TPSA) is 47.1 Å². The van der Waals surface area contributed by atoms with Crippen molar-refractivity contribution in [2.45, 2.75) is 13.0 Å². The zero-order valence-electron chi connectivity index (χ0n) is 8.94. The lowest BCUT2D eigenvalue weighted by atomic mass is 10.4. The maximum absolute atomic E-state index is 10.7. The fourth-order valence-electron chi connectivity index (χ4n) is 1.12. The second-order valence-electron chi connectivity index (χ2n) is 3.06. The number of ether oxygens (including phenoxy) is 1. The molecule has 86 valence electrons. The van der Waals surface area contributed by atoms with Crippen LogP contribution in [0.15, 0.2) is 18.7 Å². The van der Waals surface area contributed by atoms with E-state index in [9.17, 15) is 4.79 Å². The van der Waals surface area contributed by atoms with Gasteiger partial charge in [0.25, 0.3) is 0 Å². The molecule has 0 unspecified atom stereocenters. The number of nitrogens with one attached hydrogen (secondary N) is 1. The first-order valence-corrected chi connectivity index (χ1v) is 4.58. The molecule has 0 aliphatic heterocycles. The third-order valence-electron chi connectivity index (χ3n) is 1.82. The molecule has 0 saturated carbocycles. The van der Waals surface area contributed by atoms with E-state index in [1.807, 2.05) is 34.9 Å². The molecule has 0 aliphatic rings. The summed E-state index contributed by atoms with van der Waals surface area (Å²) in [6.45, 7) is 1.30. The average molecular weight is 325 g/mol. The van der Waals surface area contributed by atoms with Crippen LogP contribution < -0.4 is 33.9 Å². The average Bonchev–Trinajstić information content (AvgIpc) is 2.58. The van der Waals surface area contributed by atoms with E-state index < -0.39 is 0 Å². The highest BCUT2D eigenvalue weighted by atomic mass is 127. The molecule has 0 spiro atoms. The van der Waals surface area contributed by atoms with E-state index in [4.69, 9.17) is 4.74 Å². The summed E-state index contributed by atoms with van der Waals surface area (Å²) in [5, 5.41) is 2.40. The van der Waals surface area contributed by atoms with E-state index >= 15 is 0 Å². The number of hydrogen-bond donors (Lipinski definition) is 1. The molecule has 1 aromatic heterocycles. The Balaban J connectivity index is 0.00000196. The monoisotopic (exact) mass is 325 g/mol. The van der Waals surface area contributed by atoms with Crippen molar-refractivity contribution in [1.29, 1.82) is 0 Å². The number of halogens is 1. The molecule has 6 heteroatoms. The second-order valence-corrected chi connectivity index (χ2v) is 3.06. The molecule has 1 aromatic rings. The minimum absolute atomic E-state index is 0. The van der Waals surface area contributed by atoms with Gasteiger partial charge in [0, 0.05) is 13.5 Å². The van der Waals surface area contributed by atoms with Crippen LogP contribution in [0.3, 0.4) is 0 Å². The van der Waals surface area contributed by atoms with Crippen molar-refractivity contribution < 1.29 is 38.1 Å². The number of imidazole rings is 1. The summed E-state index contributed by atoms with van der Waals surface area (Å²) < 4.78 is 8.87. The van der Waals surface area contributed by atoms with Gasteiger partial charge in [-0.15, -0.1) is 0 Å². The van der Waals surface area contributed by atoms with E-state index in [1.54, 1.807) is 7.05 Å². The summed E-state index contributed by atoms with van der Waals surface area (Å²) in [6.07, 6.45) is 6.39. The van der Waals surface area contributed by atoms with Gasteiger partial charge >= 0.3 is 6.09 Å². The van der Waals surface area contributed by atoms with Crippen LogP contribution in [0.4, 0.5) is 4.79 Å². The summed E-state index contributed by atoms with van der Waals surface area (Å²) >= 11 is 0. The van der Waals surface area contributed by atoms with Gasteiger partial charge in [-0.25, -0.2) is 13.9 Å². The van der Waals surface area contributed by atoms with Gasteiger partial charge < -0.3 is 34.0 Å². The summed E-state index contributed by atoms with van der Waals surface area (Å²) in [7, 11) is 3.52. The fourth-order valence-corrected chi connectivity index (χ4v) is 1.12. The Morgan fingerprint density at radius 2 is 2.33 bits per heavy atom. The van der Waals surface area contributed by atoms with Crippen LogP contribution in [0.5, 0.6) is 0 Å². The quantitative estimate of drug-likeness (QED) is 0.366. The zero-order chi connectivity index (χ0) is 10.4. The molecule has 0 aromatic carbocycles. The lowest BCUT2D eigenvalue weighted by molar-refractivity contribution is -0.671. The van der Waals surface area contributed by atoms with Crippen molar-refractivity contribution in [1.82, 2.24) is 9.88 Å². The van der Waals surface area contributed by atoms with Crippen molar-refractivity contribution in [3.63, 3.8) is 0 Å². The molecule has 15 heavy (non-hydrogen) atoms. The molecule has 1 N–H and O–H groups in total. The normalized spacial score (nSPS) is 9.20. The molecule has 0 atom stereocenters. The van der Waals surface area contributed by atoms with Gasteiger partial charge in [-0.3, -0.25) is 0 Å². The Bertz CT molecular complexity index is 301. The molecule has 0 bridgehead atoms. The Morgan fingerprint density at radius 1 is 1.60 bits per heavy atom. The lowest BCUT2D eigenvalue weighted by Gasteiger charge is -2.01. The van der Waals surface area contributed by atoms with Crippen LogP contribution in [0, 0.1) is 0 Å². The summed E-state index contributed by atoms with van der Waals surface area (Å²) in [6, 6.07) is 0. The lowest BCUT2D eigenvalue weighted by Crippen LogP contribution is -3.00. The molecular weight excluding hydrogens is 309 g/mol. The number of amides is 1. The van der Waals surface area contributed by atoms with Gasteiger partial charge in [-0.05, 0) is 0 Å². The molecule has 0 aliphatic carbocycles. The number of hydrogen-bond acceptors (Lipinski definition) is 2. The van der Waals surface area contributed by atoms with Crippen LogP contribution in [0.1, 0.15) is 6.42 Å². The number of rotatable bonds is 4. The van der Waals surface area contributed by atoms with E-state index in [0.29, 0.717) is 6.61 Å². The predicted octanol–water partition coefficient (Wildman–Crippen LogP) is -2.94. The fraction of sp³-hybridized carbons (Fsp3) is 0.556. The minimum Gasteiger partial charge on any atom is -1.00 e. The van der Waals surface area contributed by atoms with Gasteiger partial charge in [0.1, 0.15) is 12.4 Å². The van der Waals surface area contributed by atoms with E-state index in [-0.39, 0.29) is 30.1 Å². The number of aryl methyl sites for hydroxylation is 2. The molecular formula is C9H16IN3O2. The Labute approximate surface area is 106 Å². The maximum Gasteiger partial charge on any atom is 0.406 e. The van der Waals surface area contributed by atoms with Crippen LogP contribution in [0.25, 0.3) is 0 Å². The van der Waals surface area contributed by atoms with Gasteiger partial charge in [0.15, 0.2) is 0 Å². The molecule has 5 nitrogen and oxygen atoms in total. The van der Waals surface area contributed by atoms with Crippen molar-refractivity contribution in [2.24, 2.45) is 7.05 Å². The highest BCUT2D eigenvalue weighted by molar-refractivity contribution is 5.66. The van der Waals surface area contributed by atoms with Gasteiger partial charge in [0.2, 0.25) is 6.33 Å². The zero-order valence-corrected chi connectivity index (χ0v) is 11.1. The Morgan fingerprint density at radius 3 is 2.87 bits per heavy atom. The largest absolute Gasteiger partial charge is 1.00 e. The first kappa shape index (κ1) is 14.2. The van der Waals surface area contributed by atoms with Crippen LogP contribution in [0.2, 0.25) is 0 Å². The Hall–Kier alpha value is -0.790. The smallest absolute Gasteiger partial charge is 0.406 e. The maximum atomic E-state index is 10.7. The standard InChI is InChI=1S/C9H15N3O2.HI/c1-10-9(13)14-7-3-4-12-6-5-11(2)8-12;/h5-6,8H,3-4,7H2,1-2H3;1H. The van der Waals surface area contributed by atoms with Crippen LogP contribution in [-0.2, 0) is 18.3 Å². The number of carbonyl (C=O) groups is 1. The van der Waals surface area contributed by atoms with Crippen molar-refractivity contribution in [3.8, 4) is 0 Å². The van der Waals surface area contributed by atoms with Crippen molar-refractivity contribution >= 4 is 6.09 Å². The summed E-state index contributed by atoms with van der Waals surface area (Å²) in [4.78, 5) is 10.7. The van der Waals surface area contributed by atoms with Gasteiger partial charge in [-0.2, -0.15) is 0 Å². The van der Waals surface area contributed by atoms with Crippen LogP contribution >= 0.6 is 0 Å². The highest BCUT2D eigenvalue weighted by Gasteiger charge is 2.01. The highest BCUT2D eigenvalue weighted by Crippen LogP contribution is 1.90. The van der Waals surface area contributed by atoms with Crippen molar-refractivity contribution in [3.05, 3.63) is 18.7 Å². The van der Waals surface area contributed by atoms with E-state index in [0.717, 1.165) is 13.0 Å². The van der Waals surface area contributed by atoms with Gasteiger partial charge in [0.05, 0.1) is 20.2 Å². The predicted molar refractivity (Wildman–Crippen MR) is 50.6 cm³/mol. The number of alkyl carbamates (subject to hydrolysis) is 1. The van der Waals surface area contributed by atoms with E-state index in [1.165, 1.54) is 0 Å². The van der Waals surface area contributed by atoms with Crippen molar-refractivity contribution in [2.75, 3.05) is 13.7 Å². The molecule has 1 rings (SSSR count). The summed E-state index contributed by atoms with van der Waals surface area (Å²) in [5.41, 5.74) is 0. The minimum atomic E-state index is -0.372. The molecule has 1 heterocycles. The first-order valence-electron chi connectivity index (χ1n) is 4.58. The molecule has 0 fully saturated rings. The van der Waals surface area contributed by atoms with Gasteiger partial charge in [-0.1, -0.05) is 0 Å². The SMILES string of the molecule is CNC(=O)OCCCn1cc[n+](C)c1.[I-]. The summed E-state index contributed by atoms with van der Waals surface area (Å²) in [5.74, 6) is 0. The first-order chi connectivity index (χ1) is 6.72. The third-order valence-corrected chi connectivity index (χ3v) is 1.82.